The van der Waals surface area contributed by atoms with Crippen LogP contribution in [0.4, 0.5) is 0 Å². The standard InChI is InChI=1S/C12H12N2O3/c1-2-10-11(12(15)16)9(14-17-10)7-8-5-3-4-6-13-8/h3-6H,2,7H2,1H3,(H,15,16). The van der Waals surface area contributed by atoms with E-state index in [0.717, 1.165) is 5.69 Å². The van der Waals surface area contributed by atoms with Crippen molar-refractivity contribution in [2.24, 2.45) is 0 Å². The molecule has 0 fully saturated rings. The molecule has 0 aliphatic rings. The van der Waals surface area contributed by atoms with E-state index >= 15 is 0 Å². The highest BCUT2D eigenvalue weighted by atomic mass is 16.5. The lowest BCUT2D eigenvalue weighted by atomic mass is 10.1. The Hall–Kier alpha value is -2.17. The molecule has 5 nitrogen and oxygen atoms in total. The molecule has 0 bridgehead atoms. The third kappa shape index (κ3) is 2.33. The maximum atomic E-state index is 11.1. The Morgan fingerprint density at radius 1 is 1.47 bits per heavy atom. The largest absolute Gasteiger partial charge is 0.477 e. The van der Waals surface area contributed by atoms with E-state index in [0.29, 0.717) is 24.3 Å². The van der Waals surface area contributed by atoms with Crippen LogP contribution < -0.4 is 0 Å². The van der Waals surface area contributed by atoms with Gasteiger partial charge in [0.1, 0.15) is 11.3 Å². The molecule has 0 amide bonds. The molecule has 0 atom stereocenters. The van der Waals surface area contributed by atoms with Crippen LogP contribution in [0, 0.1) is 0 Å². The molecule has 0 spiro atoms. The van der Waals surface area contributed by atoms with E-state index in [9.17, 15) is 4.79 Å². The van der Waals surface area contributed by atoms with Gasteiger partial charge in [0.05, 0.1) is 0 Å². The van der Waals surface area contributed by atoms with E-state index in [2.05, 4.69) is 10.1 Å². The molecule has 2 rings (SSSR count). The summed E-state index contributed by atoms with van der Waals surface area (Å²) in [6.45, 7) is 1.83. The van der Waals surface area contributed by atoms with Gasteiger partial charge in [-0.15, -0.1) is 0 Å². The second kappa shape index (κ2) is 4.78. The second-order valence-electron chi connectivity index (χ2n) is 3.58. The van der Waals surface area contributed by atoms with Gasteiger partial charge in [0.2, 0.25) is 0 Å². The number of aromatic nitrogens is 2. The number of nitrogens with zero attached hydrogens (tertiary/aromatic N) is 2. The van der Waals surface area contributed by atoms with Gasteiger partial charge in [0.25, 0.3) is 0 Å². The normalized spacial score (nSPS) is 10.4. The molecule has 0 aliphatic carbocycles. The van der Waals surface area contributed by atoms with Crippen LogP contribution in [0.1, 0.15) is 34.4 Å². The minimum atomic E-state index is -1.01. The van der Waals surface area contributed by atoms with Crippen molar-refractivity contribution in [2.45, 2.75) is 19.8 Å². The zero-order valence-electron chi connectivity index (χ0n) is 9.38. The fraction of sp³-hybridized carbons (Fsp3) is 0.250. The third-order valence-corrected chi connectivity index (χ3v) is 2.44. The number of hydrogen-bond acceptors (Lipinski definition) is 4. The molecule has 0 saturated heterocycles. The van der Waals surface area contributed by atoms with Gasteiger partial charge < -0.3 is 9.63 Å². The van der Waals surface area contributed by atoms with Crippen LogP contribution in [0.3, 0.4) is 0 Å². The Labute approximate surface area is 98.1 Å². The van der Waals surface area contributed by atoms with Crippen LogP contribution in [0.15, 0.2) is 28.9 Å². The summed E-state index contributed by atoms with van der Waals surface area (Å²) in [7, 11) is 0. The third-order valence-electron chi connectivity index (χ3n) is 2.44. The van der Waals surface area contributed by atoms with Gasteiger partial charge in [0, 0.05) is 24.7 Å². The van der Waals surface area contributed by atoms with E-state index < -0.39 is 5.97 Å². The molecule has 0 aliphatic heterocycles. The van der Waals surface area contributed by atoms with Crippen LogP contribution in [0.5, 0.6) is 0 Å². The van der Waals surface area contributed by atoms with Crippen molar-refractivity contribution >= 4 is 5.97 Å². The molecule has 0 radical (unpaired) electrons. The van der Waals surface area contributed by atoms with Crippen LogP contribution >= 0.6 is 0 Å². The van der Waals surface area contributed by atoms with Crippen molar-refractivity contribution in [3.63, 3.8) is 0 Å². The van der Waals surface area contributed by atoms with Crippen LogP contribution in [0.2, 0.25) is 0 Å². The molecular weight excluding hydrogens is 220 g/mol. The quantitative estimate of drug-likeness (QED) is 0.871. The Morgan fingerprint density at radius 2 is 2.29 bits per heavy atom. The number of carbonyl (C=O) groups is 1. The summed E-state index contributed by atoms with van der Waals surface area (Å²) < 4.78 is 5.02. The minimum absolute atomic E-state index is 0.165. The molecule has 5 heteroatoms. The lowest BCUT2D eigenvalue weighted by molar-refractivity contribution is 0.0693. The highest BCUT2D eigenvalue weighted by molar-refractivity contribution is 5.90. The van der Waals surface area contributed by atoms with Crippen LogP contribution in [-0.2, 0) is 12.8 Å². The van der Waals surface area contributed by atoms with E-state index in [4.69, 9.17) is 9.63 Å². The topological polar surface area (TPSA) is 76.2 Å². The molecule has 17 heavy (non-hydrogen) atoms. The second-order valence-corrected chi connectivity index (χ2v) is 3.58. The monoisotopic (exact) mass is 232 g/mol. The molecule has 0 saturated carbocycles. The number of aryl methyl sites for hydroxylation is 1. The first kappa shape index (κ1) is 11.3. The average molecular weight is 232 g/mol. The van der Waals surface area contributed by atoms with Crippen molar-refractivity contribution in [1.82, 2.24) is 10.1 Å². The number of rotatable bonds is 4. The van der Waals surface area contributed by atoms with Crippen molar-refractivity contribution in [3.05, 3.63) is 47.1 Å². The van der Waals surface area contributed by atoms with Gasteiger partial charge in [-0.05, 0) is 12.1 Å². The number of carboxylic acids is 1. The summed E-state index contributed by atoms with van der Waals surface area (Å²) in [5.41, 5.74) is 1.36. The van der Waals surface area contributed by atoms with Crippen LogP contribution in [0.25, 0.3) is 0 Å². The van der Waals surface area contributed by atoms with Crippen LogP contribution in [-0.4, -0.2) is 21.2 Å². The highest BCUT2D eigenvalue weighted by Gasteiger charge is 2.21. The number of aromatic carboxylic acids is 1. The van der Waals surface area contributed by atoms with Gasteiger partial charge in [0.15, 0.2) is 5.76 Å². The number of carboxylic acid groups (broad SMARTS) is 1. The van der Waals surface area contributed by atoms with Gasteiger partial charge in [-0.1, -0.05) is 18.1 Å². The summed E-state index contributed by atoms with van der Waals surface area (Å²) in [6, 6.07) is 5.48. The molecule has 2 heterocycles. The summed E-state index contributed by atoms with van der Waals surface area (Å²) >= 11 is 0. The first-order valence-corrected chi connectivity index (χ1v) is 5.33. The zero-order valence-corrected chi connectivity index (χ0v) is 9.38. The Bertz CT molecular complexity index is 520. The van der Waals surface area contributed by atoms with Crippen molar-refractivity contribution in [2.75, 3.05) is 0 Å². The fourth-order valence-electron chi connectivity index (χ4n) is 1.64. The summed E-state index contributed by atoms with van der Waals surface area (Å²) in [6.07, 6.45) is 2.54. The smallest absolute Gasteiger partial charge is 0.341 e. The number of hydrogen-bond donors (Lipinski definition) is 1. The zero-order chi connectivity index (χ0) is 12.3. The molecule has 2 aromatic rings. The maximum Gasteiger partial charge on any atom is 0.341 e. The van der Waals surface area contributed by atoms with Crippen molar-refractivity contribution in [1.29, 1.82) is 0 Å². The molecule has 88 valence electrons. The minimum Gasteiger partial charge on any atom is -0.477 e. The molecule has 2 aromatic heterocycles. The van der Waals surface area contributed by atoms with Gasteiger partial charge in [-0.25, -0.2) is 4.79 Å². The molecular formula is C12H12N2O3. The lowest BCUT2D eigenvalue weighted by Gasteiger charge is -1.98. The first-order chi connectivity index (χ1) is 8.22. The van der Waals surface area contributed by atoms with E-state index in [-0.39, 0.29) is 5.56 Å². The Balaban J connectivity index is 2.33. The first-order valence-electron chi connectivity index (χ1n) is 5.33. The lowest BCUT2D eigenvalue weighted by Crippen LogP contribution is -2.04. The maximum absolute atomic E-state index is 11.1. The molecule has 1 N–H and O–H groups in total. The van der Waals surface area contributed by atoms with E-state index in [1.165, 1.54) is 0 Å². The summed E-state index contributed by atoms with van der Waals surface area (Å²) in [5, 5.41) is 12.9. The van der Waals surface area contributed by atoms with Crippen molar-refractivity contribution < 1.29 is 14.4 Å². The average Bonchev–Trinajstić information content (AvgIpc) is 2.73. The van der Waals surface area contributed by atoms with E-state index in [1.807, 2.05) is 25.1 Å². The summed E-state index contributed by atoms with van der Waals surface area (Å²) in [4.78, 5) is 15.3. The SMILES string of the molecule is CCc1onc(Cc2ccccn2)c1C(=O)O. The predicted octanol–water partition coefficient (Wildman–Crippen LogP) is 1.92. The van der Waals surface area contributed by atoms with Gasteiger partial charge in [-0.3, -0.25) is 4.98 Å². The van der Waals surface area contributed by atoms with Crippen molar-refractivity contribution in [3.8, 4) is 0 Å². The van der Waals surface area contributed by atoms with E-state index in [1.54, 1.807) is 6.20 Å². The molecule has 0 unspecified atom stereocenters. The molecule has 0 aromatic carbocycles. The predicted molar refractivity (Wildman–Crippen MR) is 59.9 cm³/mol. The Kier molecular flexibility index (Phi) is 3.18. The Morgan fingerprint density at radius 3 is 2.88 bits per heavy atom. The van der Waals surface area contributed by atoms with Gasteiger partial charge in [-0.2, -0.15) is 0 Å². The fourth-order valence-corrected chi connectivity index (χ4v) is 1.64. The summed E-state index contributed by atoms with van der Waals surface area (Å²) in [5.74, 6) is -0.600. The number of pyridine rings is 1. The van der Waals surface area contributed by atoms with Gasteiger partial charge >= 0.3 is 5.97 Å². The highest BCUT2D eigenvalue weighted by Crippen LogP contribution is 2.17.